The van der Waals surface area contributed by atoms with Gasteiger partial charge in [0.25, 0.3) is 0 Å². The summed E-state index contributed by atoms with van der Waals surface area (Å²) in [6.07, 6.45) is 0. The van der Waals surface area contributed by atoms with Crippen molar-refractivity contribution in [2.75, 3.05) is 9.80 Å². The van der Waals surface area contributed by atoms with Crippen molar-refractivity contribution < 1.29 is 4.74 Å². The van der Waals surface area contributed by atoms with Crippen LogP contribution in [0.5, 0.6) is 11.5 Å². The van der Waals surface area contributed by atoms with Gasteiger partial charge in [0.15, 0.2) is 11.5 Å². The van der Waals surface area contributed by atoms with Gasteiger partial charge in [-0.2, -0.15) is 0 Å². The Bertz CT molecular complexity index is 2350. The van der Waals surface area contributed by atoms with E-state index in [1.807, 2.05) is 0 Å². The summed E-state index contributed by atoms with van der Waals surface area (Å²) >= 11 is 0. The lowest BCUT2D eigenvalue weighted by Gasteiger charge is -2.47. The average molecular weight is 633 g/mol. The molecule has 0 fully saturated rings. The predicted octanol–water partition coefficient (Wildman–Crippen LogP) is 13.0. The van der Waals surface area contributed by atoms with E-state index in [1.54, 1.807) is 0 Å². The molecule has 7 aromatic rings. The van der Waals surface area contributed by atoms with Crippen molar-refractivity contribution >= 4 is 34.1 Å². The summed E-state index contributed by atoms with van der Waals surface area (Å²) in [5.41, 5.74) is 14.9. The minimum absolute atomic E-state index is 0.353. The van der Waals surface area contributed by atoms with Crippen LogP contribution in [-0.4, -0.2) is 0 Å². The first-order valence-electron chi connectivity index (χ1n) is 17.0. The van der Waals surface area contributed by atoms with Crippen molar-refractivity contribution in [3.05, 3.63) is 180 Å². The maximum absolute atomic E-state index is 6.73. The monoisotopic (exact) mass is 632 g/mol. The fourth-order valence-electron chi connectivity index (χ4n) is 7.97. The van der Waals surface area contributed by atoms with Gasteiger partial charge in [-0.05, 0) is 77.2 Å². The molecule has 49 heavy (non-hydrogen) atoms. The second-order valence-electron chi connectivity index (χ2n) is 13.4. The van der Waals surface area contributed by atoms with Crippen molar-refractivity contribution in [1.29, 1.82) is 0 Å². The Hall–Kier alpha value is -6.06. The molecule has 0 N–H and O–H groups in total. The zero-order valence-electron chi connectivity index (χ0n) is 27.9. The minimum Gasteiger partial charge on any atom is -0.453 e. The van der Waals surface area contributed by atoms with Gasteiger partial charge in [-0.15, -0.1) is 0 Å². The Balaban J connectivity index is 1.34. The number of fused-ring (bicyclic) bond motifs is 4. The zero-order chi connectivity index (χ0) is 33.1. The predicted molar refractivity (Wildman–Crippen MR) is 204 cm³/mol. The van der Waals surface area contributed by atoms with Gasteiger partial charge < -0.3 is 14.5 Å². The molecule has 9 rings (SSSR count). The summed E-state index contributed by atoms with van der Waals surface area (Å²) in [6.45, 7) is 6.95. The third-order valence-electron chi connectivity index (χ3n) is 10.2. The fraction of sp³-hybridized carbons (Fsp3) is 0.0870. The highest BCUT2D eigenvalue weighted by molar-refractivity contribution is 5.99. The summed E-state index contributed by atoms with van der Waals surface area (Å²) in [4.78, 5) is 4.92. The van der Waals surface area contributed by atoms with Crippen LogP contribution in [0, 0.1) is 6.92 Å². The number of hydrogen-bond donors (Lipinski definition) is 0. The van der Waals surface area contributed by atoms with E-state index in [0.717, 1.165) is 39.9 Å². The van der Waals surface area contributed by atoms with Crippen LogP contribution in [0.2, 0.25) is 0 Å². The highest BCUT2D eigenvalue weighted by atomic mass is 16.5. The number of nitrogens with zero attached hydrogens (tertiary/aromatic N) is 2. The molecule has 7 aromatic carbocycles. The first-order chi connectivity index (χ1) is 24.0. The molecule has 2 aliphatic heterocycles. The lowest BCUT2D eigenvalue weighted by molar-refractivity contribution is 0.471. The van der Waals surface area contributed by atoms with Gasteiger partial charge in [0.1, 0.15) is 0 Å². The molecule has 0 unspecified atom stereocenters. The standard InChI is InChI=1S/C46H36N2O/c1-31-35(32-17-7-4-8-18-32)29-30-42-44(31)48-40-27-16-26-39(43(40)46(2,3)37-24-15-28-41(49-42)45(37)48)47(34-21-11-6-12-22-34)38-25-14-13-23-36(38)33-19-9-5-10-20-33/h4-30H,1-3H3. The Morgan fingerprint density at radius 1 is 0.510 bits per heavy atom. The Kier molecular flexibility index (Phi) is 6.70. The van der Waals surface area contributed by atoms with E-state index in [4.69, 9.17) is 4.74 Å². The fourth-order valence-corrected chi connectivity index (χ4v) is 7.97. The van der Waals surface area contributed by atoms with Crippen LogP contribution in [0.4, 0.5) is 34.1 Å². The molecule has 0 amide bonds. The molecule has 0 bridgehead atoms. The van der Waals surface area contributed by atoms with Crippen LogP contribution in [0.15, 0.2) is 164 Å². The molecule has 0 spiro atoms. The molecular weight excluding hydrogens is 597 g/mol. The number of rotatable bonds is 5. The molecule has 0 saturated heterocycles. The molecule has 0 atom stereocenters. The van der Waals surface area contributed by atoms with Crippen molar-refractivity contribution in [2.24, 2.45) is 0 Å². The van der Waals surface area contributed by atoms with Crippen LogP contribution < -0.4 is 14.5 Å². The third-order valence-corrected chi connectivity index (χ3v) is 10.2. The molecule has 3 heteroatoms. The van der Waals surface area contributed by atoms with Gasteiger partial charge in [0, 0.05) is 22.2 Å². The van der Waals surface area contributed by atoms with Crippen molar-refractivity contribution in [1.82, 2.24) is 0 Å². The van der Waals surface area contributed by atoms with Crippen LogP contribution >= 0.6 is 0 Å². The Morgan fingerprint density at radius 3 is 1.84 bits per heavy atom. The van der Waals surface area contributed by atoms with Crippen LogP contribution in [0.25, 0.3) is 22.3 Å². The summed E-state index contributed by atoms with van der Waals surface area (Å²) < 4.78 is 6.73. The van der Waals surface area contributed by atoms with Gasteiger partial charge in [-0.3, -0.25) is 0 Å². The number of para-hydroxylation sites is 3. The topological polar surface area (TPSA) is 15.7 Å². The maximum Gasteiger partial charge on any atom is 0.151 e. The lowest BCUT2D eigenvalue weighted by atomic mass is 9.72. The van der Waals surface area contributed by atoms with E-state index in [0.29, 0.717) is 0 Å². The molecule has 0 aromatic heterocycles. The smallest absolute Gasteiger partial charge is 0.151 e. The lowest BCUT2D eigenvalue weighted by Crippen LogP contribution is -2.34. The van der Waals surface area contributed by atoms with Gasteiger partial charge in [-0.1, -0.05) is 135 Å². The Morgan fingerprint density at radius 2 is 1.10 bits per heavy atom. The average Bonchev–Trinajstić information content (AvgIpc) is 3.15. The third kappa shape index (κ3) is 4.50. The van der Waals surface area contributed by atoms with Crippen LogP contribution in [0.1, 0.15) is 30.5 Å². The number of benzene rings is 7. The molecule has 236 valence electrons. The molecule has 0 aliphatic carbocycles. The summed E-state index contributed by atoms with van der Waals surface area (Å²) in [5, 5.41) is 0. The first kappa shape index (κ1) is 29.1. The quantitative estimate of drug-likeness (QED) is 0.188. The van der Waals surface area contributed by atoms with Gasteiger partial charge in [0.2, 0.25) is 0 Å². The van der Waals surface area contributed by atoms with Crippen LogP contribution in [0.3, 0.4) is 0 Å². The summed E-state index contributed by atoms with van der Waals surface area (Å²) in [7, 11) is 0. The van der Waals surface area contributed by atoms with Crippen LogP contribution in [-0.2, 0) is 5.41 Å². The van der Waals surface area contributed by atoms with Gasteiger partial charge in [0.05, 0.1) is 28.4 Å². The molecule has 0 radical (unpaired) electrons. The van der Waals surface area contributed by atoms with Crippen molar-refractivity contribution in [2.45, 2.75) is 26.2 Å². The van der Waals surface area contributed by atoms with Crippen molar-refractivity contribution in [3.8, 4) is 33.8 Å². The van der Waals surface area contributed by atoms with Crippen molar-refractivity contribution in [3.63, 3.8) is 0 Å². The highest BCUT2D eigenvalue weighted by Crippen LogP contribution is 2.63. The normalized spacial score (nSPS) is 13.5. The number of hydrogen-bond acceptors (Lipinski definition) is 3. The number of anilines is 6. The van der Waals surface area contributed by atoms with E-state index in [9.17, 15) is 0 Å². The molecule has 2 heterocycles. The summed E-state index contributed by atoms with van der Waals surface area (Å²) in [5.74, 6) is 1.75. The Labute approximate surface area is 288 Å². The number of ether oxygens (including phenoxy) is 1. The summed E-state index contributed by atoms with van der Waals surface area (Å²) in [6, 6.07) is 58.5. The van der Waals surface area contributed by atoms with E-state index >= 15 is 0 Å². The van der Waals surface area contributed by atoms with E-state index < -0.39 is 0 Å². The molecular formula is C46H36N2O. The maximum atomic E-state index is 6.73. The van der Waals surface area contributed by atoms with E-state index in [-0.39, 0.29) is 5.41 Å². The van der Waals surface area contributed by atoms with E-state index in [2.05, 4.69) is 194 Å². The SMILES string of the molecule is Cc1c(-c2ccccc2)ccc2c1N1c3cccc(N(c4ccccc4)c4ccccc4-c4ccccc4)c3C(C)(C)c3cccc(c31)O2. The largest absolute Gasteiger partial charge is 0.453 e. The van der Waals surface area contributed by atoms with E-state index in [1.165, 1.54) is 44.6 Å². The van der Waals surface area contributed by atoms with Gasteiger partial charge in [-0.25, -0.2) is 0 Å². The highest BCUT2D eigenvalue weighted by Gasteiger charge is 2.44. The first-order valence-corrected chi connectivity index (χ1v) is 17.0. The molecule has 2 aliphatic rings. The molecule has 3 nitrogen and oxygen atoms in total. The second-order valence-corrected chi connectivity index (χ2v) is 13.4. The zero-order valence-corrected chi connectivity index (χ0v) is 27.9. The molecule has 0 saturated carbocycles. The van der Waals surface area contributed by atoms with Gasteiger partial charge >= 0.3 is 0 Å². The minimum atomic E-state index is -0.353. The second kappa shape index (κ2) is 11.3.